The molecule has 1 heteroatoms. The molecule has 0 atom stereocenters. The number of para-hydroxylation sites is 1. The molecule has 0 unspecified atom stereocenters. The second-order valence-electron chi connectivity index (χ2n) is 2.94. The molecule has 0 heterocycles. The summed E-state index contributed by atoms with van der Waals surface area (Å²) in [5, 5.41) is 0. The summed E-state index contributed by atoms with van der Waals surface area (Å²) in [7, 11) is 0. The Morgan fingerprint density at radius 2 is 2.00 bits per heavy atom. The van der Waals surface area contributed by atoms with Crippen LogP contribution in [-0.2, 0) is 0 Å². The number of rotatable bonds is 5. The van der Waals surface area contributed by atoms with Crippen molar-refractivity contribution >= 4 is 0 Å². The van der Waals surface area contributed by atoms with Crippen molar-refractivity contribution in [3.8, 4) is 5.75 Å². The van der Waals surface area contributed by atoms with Gasteiger partial charge in [0, 0.05) is 0 Å². The molecule has 0 aliphatic heterocycles. The summed E-state index contributed by atoms with van der Waals surface area (Å²) >= 11 is 0. The molecule has 70 valence electrons. The van der Waals surface area contributed by atoms with Crippen LogP contribution < -0.4 is 4.74 Å². The van der Waals surface area contributed by atoms with Crippen LogP contribution in [0.5, 0.6) is 5.75 Å². The van der Waals surface area contributed by atoms with Gasteiger partial charge in [0.2, 0.25) is 0 Å². The third kappa shape index (κ3) is 4.36. The Morgan fingerprint density at radius 3 is 2.69 bits per heavy atom. The van der Waals surface area contributed by atoms with Crippen molar-refractivity contribution in [1.29, 1.82) is 0 Å². The van der Waals surface area contributed by atoms with Crippen molar-refractivity contribution in [2.75, 3.05) is 0 Å². The first-order chi connectivity index (χ1) is 6.43. The van der Waals surface area contributed by atoms with Crippen molar-refractivity contribution in [3.63, 3.8) is 0 Å². The molecule has 0 bridgehead atoms. The largest absolute Gasteiger partial charge is 0.465 e. The Morgan fingerprint density at radius 1 is 1.23 bits per heavy atom. The predicted octanol–water partition coefficient (Wildman–Crippen LogP) is 3.77. The van der Waals surface area contributed by atoms with Gasteiger partial charge in [0.25, 0.3) is 0 Å². The van der Waals surface area contributed by atoms with Gasteiger partial charge in [-0.05, 0) is 31.1 Å². The van der Waals surface area contributed by atoms with Crippen molar-refractivity contribution in [2.45, 2.75) is 26.2 Å². The molecule has 0 spiro atoms. The average Bonchev–Trinajstić information content (AvgIpc) is 2.19. The van der Waals surface area contributed by atoms with E-state index in [0.29, 0.717) is 0 Å². The zero-order valence-electron chi connectivity index (χ0n) is 8.07. The lowest BCUT2D eigenvalue weighted by atomic mass is 10.2. The van der Waals surface area contributed by atoms with Crippen LogP contribution in [0.4, 0.5) is 0 Å². The van der Waals surface area contributed by atoms with Crippen LogP contribution in [0.15, 0.2) is 42.7 Å². The highest BCUT2D eigenvalue weighted by Gasteiger charge is 1.85. The molecule has 0 aliphatic carbocycles. The van der Waals surface area contributed by atoms with E-state index in [0.717, 1.165) is 12.2 Å². The lowest BCUT2D eigenvalue weighted by Gasteiger charge is -1.97. The summed E-state index contributed by atoms with van der Waals surface area (Å²) in [6.45, 7) is 2.19. The van der Waals surface area contributed by atoms with E-state index in [1.54, 1.807) is 6.26 Å². The van der Waals surface area contributed by atoms with E-state index in [1.807, 2.05) is 30.3 Å². The monoisotopic (exact) mass is 176 g/mol. The van der Waals surface area contributed by atoms with Gasteiger partial charge in [-0.15, -0.1) is 0 Å². The van der Waals surface area contributed by atoms with Gasteiger partial charge in [-0.2, -0.15) is 0 Å². The van der Waals surface area contributed by atoms with Crippen molar-refractivity contribution in [1.82, 2.24) is 0 Å². The Hall–Kier alpha value is -1.24. The van der Waals surface area contributed by atoms with E-state index in [1.165, 1.54) is 12.8 Å². The molecule has 0 aromatic heterocycles. The van der Waals surface area contributed by atoms with E-state index in [4.69, 9.17) is 4.74 Å². The number of hydrogen-bond donors (Lipinski definition) is 0. The Kier molecular flexibility index (Phi) is 4.77. The number of hydrogen-bond acceptors (Lipinski definition) is 1. The maximum atomic E-state index is 5.37. The minimum absolute atomic E-state index is 0.898. The van der Waals surface area contributed by atoms with E-state index in [-0.39, 0.29) is 0 Å². The molecule has 0 aliphatic rings. The highest BCUT2D eigenvalue weighted by Crippen LogP contribution is 2.08. The quantitative estimate of drug-likeness (QED) is 0.490. The topological polar surface area (TPSA) is 9.23 Å². The van der Waals surface area contributed by atoms with Gasteiger partial charge in [0.15, 0.2) is 0 Å². The summed E-state index contributed by atoms with van der Waals surface area (Å²) < 4.78 is 5.37. The molecule has 0 radical (unpaired) electrons. The van der Waals surface area contributed by atoms with Crippen molar-refractivity contribution in [3.05, 3.63) is 42.7 Å². The maximum absolute atomic E-state index is 5.37. The van der Waals surface area contributed by atoms with Gasteiger partial charge in [-0.3, -0.25) is 0 Å². The van der Waals surface area contributed by atoms with E-state index >= 15 is 0 Å². The highest BCUT2D eigenvalue weighted by molar-refractivity contribution is 5.21. The summed E-state index contributed by atoms with van der Waals surface area (Å²) in [6, 6.07) is 9.81. The molecule has 1 rings (SSSR count). The summed E-state index contributed by atoms with van der Waals surface area (Å²) in [6.07, 6.45) is 7.40. The second-order valence-corrected chi connectivity index (χ2v) is 2.94. The molecular formula is C12H16O. The van der Waals surface area contributed by atoms with Crippen molar-refractivity contribution in [2.24, 2.45) is 0 Å². The smallest absolute Gasteiger partial charge is 0.126 e. The van der Waals surface area contributed by atoms with Gasteiger partial charge in [-0.25, -0.2) is 0 Å². The zero-order valence-corrected chi connectivity index (χ0v) is 8.07. The van der Waals surface area contributed by atoms with E-state index in [9.17, 15) is 0 Å². The standard InChI is InChI=1S/C12H16O/c1-2-3-4-8-11-13-12-9-6-5-7-10-12/h5-11H,2-4H2,1H3/b11-8-. The van der Waals surface area contributed by atoms with Crippen LogP contribution in [0, 0.1) is 0 Å². The first-order valence-corrected chi connectivity index (χ1v) is 4.80. The van der Waals surface area contributed by atoms with Gasteiger partial charge in [0.05, 0.1) is 6.26 Å². The van der Waals surface area contributed by atoms with Crippen molar-refractivity contribution < 1.29 is 4.74 Å². The molecule has 1 aromatic carbocycles. The number of ether oxygens (including phenoxy) is 1. The maximum Gasteiger partial charge on any atom is 0.126 e. The predicted molar refractivity (Wildman–Crippen MR) is 55.7 cm³/mol. The molecule has 1 aromatic rings. The third-order valence-corrected chi connectivity index (χ3v) is 1.77. The molecule has 0 amide bonds. The minimum atomic E-state index is 0.898. The molecule has 0 N–H and O–H groups in total. The lowest BCUT2D eigenvalue weighted by Crippen LogP contribution is -1.80. The van der Waals surface area contributed by atoms with E-state index < -0.39 is 0 Å². The van der Waals surface area contributed by atoms with Crippen LogP contribution in [0.25, 0.3) is 0 Å². The number of unbranched alkanes of at least 4 members (excludes halogenated alkanes) is 2. The normalized spacial score (nSPS) is 10.5. The molecular weight excluding hydrogens is 160 g/mol. The highest BCUT2D eigenvalue weighted by atomic mass is 16.5. The van der Waals surface area contributed by atoms with Gasteiger partial charge in [0.1, 0.15) is 5.75 Å². The molecule has 0 fully saturated rings. The SMILES string of the molecule is CCCC/C=C\Oc1ccccc1. The van der Waals surface area contributed by atoms with E-state index in [2.05, 4.69) is 13.0 Å². The van der Waals surface area contributed by atoms with Gasteiger partial charge >= 0.3 is 0 Å². The van der Waals surface area contributed by atoms with Gasteiger partial charge in [-0.1, -0.05) is 31.5 Å². The zero-order chi connectivity index (χ0) is 9.36. The van der Waals surface area contributed by atoms with Crippen LogP contribution in [0.2, 0.25) is 0 Å². The fourth-order valence-electron chi connectivity index (χ4n) is 1.02. The first-order valence-electron chi connectivity index (χ1n) is 4.80. The minimum Gasteiger partial charge on any atom is -0.465 e. The summed E-state index contributed by atoms with van der Waals surface area (Å²) in [4.78, 5) is 0. The fraction of sp³-hybridized carbons (Fsp3) is 0.333. The summed E-state index contributed by atoms with van der Waals surface area (Å²) in [5.41, 5.74) is 0. The lowest BCUT2D eigenvalue weighted by molar-refractivity contribution is 0.478. The molecule has 13 heavy (non-hydrogen) atoms. The molecule has 0 saturated heterocycles. The number of allylic oxidation sites excluding steroid dienone is 1. The van der Waals surface area contributed by atoms with Crippen LogP contribution in [0.3, 0.4) is 0 Å². The Bertz CT molecular complexity index is 239. The van der Waals surface area contributed by atoms with Crippen LogP contribution >= 0.6 is 0 Å². The number of benzene rings is 1. The van der Waals surface area contributed by atoms with Crippen LogP contribution in [0.1, 0.15) is 26.2 Å². The fourth-order valence-corrected chi connectivity index (χ4v) is 1.02. The average molecular weight is 176 g/mol. The third-order valence-electron chi connectivity index (χ3n) is 1.77. The molecule has 1 nitrogen and oxygen atoms in total. The van der Waals surface area contributed by atoms with Crippen LogP contribution in [-0.4, -0.2) is 0 Å². The second kappa shape index (κ2) is 6.30. The molecule has 0 saturated carbocycles. The summed E-state index contributed by atoms with van der Waals surface area (Å²) in [5.74, 6) is 0.898. The Labute approximate surface area is 80.0 Å². The van der Waals surface area contributed by atoms with Gasteiger partial charge < -0.3 is 4.74 Å². The first kappa shape index (κ1) is 9.85. The Balaban J connectivity index is 2.23.